The van der Waals surface area contributed by atoms with Gasteiger partial charge in [0.2, 0.25) is 0 Å². The van der Waals surface area contributed by atoms with Crippen LogP contribution in [0.2, 0.25) is 0 Å². The van der Waals surface area contributed by atoms with Crippen LogP contribution in [-0.2, 0) is 0 Å². The Hall–Kier alpha value is 0. The summed E-state index contributed by atoms with van der Waals surface area (Å²) < 4.78 is 0. The fraction of sp³-hybridized carbons (Fsp3) is 1.00. The van der Waals surface area contributed by atoms with E-state index in [0.717, 1.165) is 82.9 Å². The fourth-order valence-electron chi connectivity index (χ4n) is 14.5. The standard InChI is InChI=1S/C50H88/c1-37-3-7-39(8-4-37)31-41-11-15-43(16-12-41)33-45-19-23-47(24-20-45)35-49-27-29-50(30-28-49)36-48-25-21-46(22-26-48)34-44-17-13-42(14-18-44)32-40-9-5-38(2)6-10-40/h37-50H,3-36H2,1-2H3. The minimum absolute atomic E-state index is 1.01. The van der Waals surface area contributed by atoms with Crippen LogP contribution >= 0.6 is 0 Å². The Morgan fingerprint density at radius 2 is 0.280 bits per heavy atom. The highest BCUT2D eigenvalue weighted by molar-refractivity contribution is 4.85. The molecule has 0 bridgehead atoms. The highest BCUT2D eigenvalue weighted by Crippen LogP contribution is 2.46. The van der Waals surface area contributed by atoms with E-state index in [1.54, 1.807) is 193 Å². The molecule has 0 aromatic rings. The summed E-state index contributed by atoms with van der Waals surface area (Å²) in [4.78, 5) is 0. The molecule has 288 valence electrons. The second kappa shape index (κ2) is 19.5. The zero-order chi connectivity index (χ0) is 34.1. The molecule has 0 unspecified atom stereocenters. The SMILES string of the molecule is CC1CCC(CC2CCC(CC3CCC(CC4CCC(CC5CCC(CC6CCC(CC7CCC(C)CC7)CC6)CC5)CC4)CC3)CC2)CC1. The van der Waals surface area contributed by atoms with Crippen molar-refractivity contribution < 1.29 is 0 Å². The Morgan fingerprint density at radius 1 is 0.180 bits per heavy atom. The lowest BCUT2D eigenvalue weighted by Crippen LogP contribution is -2.25. The monoisotopic (exact) mass is 689 g/mol. The smallest absolute Gasteiger partial charge is 0.0411 e. The van der Waals surface area contributed by atoms with Crippen molar-refractivity contribution >= 4 is 0 Å². The van der Waals surface area contributed by atoms with Crippen LogP contribution in [0, 0.1) is 82.9 Å². The lowest BCUT2D eigenvalue weighted by atomic mass is 9.68. The maximum Gasteiger partial charge on any atom is -0.0411 e. The largest absolute Gasteiger partial charge is 0.0625 e. The number of rotatable bonds is 12. The molecule has 7 fully saturated rings. The van der Waals surface area contributed by atoms with Gasteiger partial charge in [0.1, 0.15) is 0 Å². The number of hydrogen-bond donors (Lipinski definition) is 0. The molecule has 0 aromatic heterocycles. The molecule has 7 rings (SSSR count). The summed E-state index contributed by atoms with van der Waals surface area (Å²) in [6, 6.07) is 0. The Bertz CT molecular complexity index is 818. The van der Waals surface area contributed by atoms with Gasteiger partial charge in [0.25, 0.3) is 0 Å². The molecule has 0 radical (unpaired) electrons. The quantitative estimate of drug-likeness (QED) is 0.191. The fourth-order valence-corrected chi connectivity index (χ4v) is 14.5. The van der Waals surface area contributed by atoms with Crippen LogP contribution in [0.25, 0.3) is 0 Å². The van der Waals surface area contributed by atoms with Crippen LogP contribution in [0.3, 0.4) is 0 Å². The van der Waals surface area contributed by atoms with Gasteiger partial charge in [0, 0.05) is 0 Å². The zero-order valence-electron chi connectivity index (χ0n) is 34.1. The van der Waals surface area contributed by atoms with E-state index in [-0.39, 0.29) is 0 Å². The minimum Gasteiger partial charge on any atom is -0.0625 e. The van der Waals surface area contributed by atoms with E-state index < -0.39 is 0 Å². The van der Waals surface area contributed by atoms with E-state index in [1.165, 1.54) is 25.7 Å². The molecule has 0 saturated heterocycles. The van der Waals surface area contributed by atoms with E-state index in [9.17, 15) is 0 Å². The molecule has 0 spiro atoms. The molecule has 50 heavy (non-hydrogen) atoms. The third kappa shape index (κ3) is 12.0. The Balaban J connectivity index is 0.694. The third-order valence-electron chi connectivity index (χ3n) is 18.1. The van der Waals surface area contributed by atoms with Gasteiger partial charge in [-0.3, -0.25) is 0 Å². The summed E-state index contributed by atoms with van der Waals surface area (Å²) in [7, 11) is 0. The van der Waals surface area contributed by atoms with Crippen molar-refractivity contribution in [3.05, 3.63) is 0 Å². The van der Waals surface area contributed by atoms with E-state index >= 15 is 0 Å². The van der Waals surface area contributed by atoms with Crippen LogP contribution in [0.15, 0.2) is 0 Å². The van der Waals surface area contributed by atoms with E-state index in [0.29, 0.717) is 0 Å². The second-order valence-electron chi connectivity index (χ2n) is 22.1. The number of hydrogen-bond acceptors (Lipinski definition) is 0. The third-order valence-corrected chi connectivity index (χ3v) is 18.1. The highest BCUT2D eigenvalue weighted by atomic mass is 14.4. The highest BCUT2D eigenvalue weighted by Gasteiger charge is 2.33. The lowest BCUT2D eigenvalue weighted by Gasteiger charge is -2.38. The van der Waals surface area contributed by atoms with Crippen molar-refractivity contribution in [2.75, 3.05) is 0 Å². The van der Waals surface area contributed by atoms with Crippen molar-refractivity contribution in [1.29, 1.82) is 0 Å². The average Bonchev–Trinajstić information content (AvgIpc) is 3.14. The molecule has 0 aliphatic heterocycles. The Kier molecular flexibility index (Phi) is 15.0. The first-order chi connectivity index (χ1) is 24.5. The van der Waals surface area contributed by atoms with Crippen molar-refractivity contribution in [3.63, 3.8) is 0 Å². The van der Waals surface area contributed by atoms with Gasteiger partial charge in [-0.05, 0) is 121 Å². The molecule has 7 aliphatic carbocycles. The van der Waals surface area contributed by atoms with Crippen LogP contribution in [-0.4, -0.2) is 0 Å². The summed E-state index contributed by atoms with van der Waals surface area (Å²) in [6.07, 6.45) is 53.6. The molecule has 7 saturated carbocycles. The zero-order valence-corrected chi connectivity index (χ0v) is 34.1. The van der Waals surface area contributed by atoms with Gasteiger partial charge in [-0.25, -0.2) is 0 Å². The molecule has 0 nitrogen and oxygen atoms in total. The average molecular weight is 689 g/mol. The van der Waals surface area contributed by atoms with Gasteiger partial charge in [0.05, 0.1) is 0 Å². The van der Waals surface area contributed by atoms with Crippen LogP contribution in [0.1, 0.15) is 232 Å². The van der Waals surface area contributed by atoms with Gasteiger partial charge in [-0.2, -0.15) is 0 Å². The van der Waals surface area contributed by atoms with Crippen LogP contribution in [0.5, 0.6) is 0 Å². The van der Waals surface area contributed by atoms with Crippen molar-refractivity contribution in [3.8, 4) is 0 Å². The summed E-state index contributed by atoms with van der Waals surface area (Å²) >= 11 is 0. The normalized spacial score (nSPS) is 45.2. The molecule has 0 aromatic carbocycles. The first-order valence-electron chi connectivity index (χ1n) is 24.5. The van der Waals surface area contributed by atoms with Crippen LogP contribution in [0.4, 0.5) is 0 Å². The first kappa shape index (κ1) is 38.3. The molecule has 0 heterocycles. The molecule has 0 N–H and O–H groups in total. The van der Waals surface area contributed by atoms with Crippen molar-refractivity contribution in [1.82, 2.24) is 0 Å². The first-order valence-corrected chi connectivity index (χ1v) is 24.5. The topological polar surface area (TPSA) is 0 Å². The molecule has 0 amide bonds. The predicted octanol–water partition coefficient (Wildman–Crippen LogP) is 16.0. The van der Waals surface area contributed by atoms with E-state index in [4.69, 9.17) is 0 Å². The van der Waals surface area contributed by atoms with Crippen molar-refractivity contribution in [2.45, 2.75) is 232 Å². The van der Waals surface area contributed by atoms with E-state index in [2.05, 4.69) is 13.8 Å². The molecule has 7 aliphatic rings. The second-order valence-corrected chi connectivity index (χ2v) is 22.1. The van der Waals surface area contributed by atoms with Gasteiger partial charge < -0.3 is 0 Å². The summed E-state index contributed by atoms with van der Waals surface area (Å²) in [5.74, 6) is 15.1. The minimum atomic E-state index is 1.01. The lowest BCUT2D eigenvalue weighted by molar-refractivity contribution is 0.141. The Labute approximate surface area is 314 Å². The van der Waals surface area contributed by atoms with Gasteiger partial charge in [-0.1, -0.05) is 194 Å². The molecular formula is C50H88. The molecule has 0 heteroatoms. The van der Waals surface area contributed by atoms with E-state index in [1.807, 2.05) is 0 Å². The maximum atomic E-state index is 2.48. The predicted molar refractivity (Wildman–Crippen MR) is 217 cm³/mol. The summed E-state index contributed by atoms with van der Waals surface area (Å²) in [5, 5.41) is 0. The van der Waals surface area contributed by atoms with Crippen molar-refractivity contribution in [2.24, 2.45) is 82.9 Å². The summed E-state index contributed by atoms with van der Waals surface area (Å²) in [6.45, 7) is 4.96. The molecule has 0 atom stereocenters. The molecular weight excluding hydrogens is 601 g/mol. The van der Waals surface area contributed by atoms with Gasteiger partial charge in [0.15, 0.2) is 0 Å². The maximum absolute atomic E-state index is 2.48. The van der Waals surface area contributed by atoms with Gasteiger partial charge >= 0.3 is 0 Å². The van der Waals surface area contributed by atoms with Crippen LogP contribution < -0.4 is 0 Å². The summed E-state index contributed by atoms with van der Waals surface area (Å²) in [5.41, 5.74) is 0. The Morgan fingerprint density at radius 3 is 0.400 bits per heavy atom. The van der Waals surface area contributed by atoms with Gasteiger partial charge in [-0.15, -0.1) is 0 Å².